The molecule has 0 radical (unpaired) electrons. The topological polar surface area (TPSA) is 70.1 Å². The molecule has 0 amide bonds. The molecule has 0 aromatic rings. The Morgan fingerprint density at radius 2 is 1.70 bits per heavy atom. The van der Waals surface area contributed by atoms with E-state index in [4.69, 9.17) is 4.74 Å². The molecule has 3 aliphatic heterocycles. The van der Waals surface area contributed by atoms with Crippen LogP contribution in [0.4, 0.5) is 0 Å². The van der Waals surface area contributed by atoms with Crippen LogP contribution in [0.3, 0.4) is 0 Å². The van der Waals surface area contributed by atoms with Crippen LogP contribution in [-0.2, 0) is 14.3 Å². The first kappa shape index (κ1) is 32.9. The number of allylic oxidation sites excluding steroid dienone is 1. The molecule has 6 heteroatoms. The van der Waals surface area contributed by atoms with Gasteiger partial charge >= 0.3 is 5.97 Å². The highest BCUT2D eigenvalue weighted by molar-refractivity contribution is 5.90. The maximum absolute atomic E-state index is 14.2. The number of aldehydes is 1. The summed E-state index contributed by atoms with van der Waals surface area (Å²) in [5, 5.41) is 11.6. The summed E-state index contributed by atoms with van der Waals surface area (Å²) in [7, 11) is 0. The Balaban J connectivity index is 1.11. The number of piperidine rings is 2. The van der Waals surface area contributed by atoms with Crippen molar-refractivity contribution in [2.75, 3.05) is 39.3 Å². The highest BCUT2D eigenvalue weighted by Gasteiger charge is 2.86. The van der Waals surface area contributed by atoms with Crippen molar-refractivity contribution in [1.29, 1.82) is 0 Å². The van der Waals surface area contributed by atoms with Crippen LogP contribution in [0.1, 0.15) is 117 Å². The summed E-state index contributed by atoms with van der Waals surface area (Å²) in [5.41, 5.74) is -1.39. The van der Waals surface area contributed by atoms with Gasteiger partial charge in [0.05, 0.1) is 17.6 Å². The van der Waals surface area contributed by atoms with Gasteiger partial charge in [-0.25, -0.2) is 0 Å². The monoisotopic (exact) mass is 648 g/mol. The third-order valence-electron chi connectivity index (χ3n) is 16.1. The molecular weight excluding hydrogens is 584 g/mol. The number of ether oxygens (including phenoxy) is 1. The molecule has 6 nitrogen and oxygen atoms in total. The summed E-state index contributed by atoms with van der Waals surface area (Å²) < 4.78 is 7.53. The average molecular weight is 649 g/mol. The van der Waals surface area contributed by atoms with Crippen LogP contribution >= 0.6 is 0 Å². The van der Waals surface area contributed by atoms with Crippen molar-refractivity contribution >= 4 is 12.3 Å². The van der Waals surface area contributed by atoms with E-state index >= 15 is 0 Å². The molecular formula is C41H64N2O4. The molecule has 47 heavy (non-hydrogen) atoms. The molecule has 0 aromatic carbocycles. The van der Waals surface area contributed by atoms with Crippen LogP contribution in [-0.4, -0.2) is 78.6 Å². The van der Waals surface area contributed by atoms with Gasteiger partial charge in [0.2, 0.25) is 0 Å². The number of carbonyl (C=O) groups is 2. The number of rotatable bonds is 10. The van der Waals surface area contributed by atoms with Gasteiger partial charge in [-0.1, -0.05) is 70.9 Å². The molecule has 7 fully saturated rings. The predicted octanol–water partition coefficient (Wildman–Crippen LogP) is 7.46. The number of hydrogen-bond donors (Lipinski definition) is 1. The van der Waals surface area contributed by atoms with E-state index in [1.807, 2.05) is 0 Å². The van der Waals surface area contributed by atoms with Gasteiger partial charge in [0.15, 0.2) is 0 Å². The second-order valence-corrected chi connectivity index (χ2v) is 18.5. The number of hydrogen-bond acceptors (Lipinski definition) is 5. The van der Waals surface area contributed by atoms with Gasteiger partial charge in [-0.2, -0.15) is 0 Å². The summed E-state index contributed by atoms with van der Waals surface area (Å²) in [6.45, 7) is 13.9. The van der Waals surface area contributed by atoms with Gasteiger partial charge in [-0.15, -0.1) is 0 Å². The Hall–Kier alpha value is -1.24. The molecule has 0 spiro atoms. The minimum absolute atomic E-state index is 0.0861. The Kier molecular flexibility index (Phi) is 8.77. The van der Waals surface area contributed by atoms with E-state index in [9.17, 15) is 14.7 Å². The number of fused-ring (bicyclic) bond motifs is 2. The number of nitrogens with zero attached hydrogens (tertiary/aromatic N) is 2. The molecule has 11 atom stereocenters. The van der Waals surface area contributed by atoms with E-state index in [2.05, 4.69) is 36.6 Å². The lowest BCUT2D eigenvalue weighted by Crippen LogP contribution is -2.65. The normalized spacial score (nSPS) is 47.1. The second-order valence-electron chi connectivity index (χ2n) is 18.5. The lowest BCUT2D eigenvalue weighted by atomic mass is 9.41. The molecule has 4 unspecified atom stereocenters. The van der Waals surface area contributed by atoms with Gasteiger partial charge < -0.3 is 24.4 Å². The van der Waals surface area contributed by atoms with Crippen LogP contribution < -0.4 is 0 Å². The van der Waals surface area contributed by atoms with Crippen LogP contribution in [0, 0.1) is 63.6 Å². The SMILES string of the molecule is CC(C)C1=CC2CC3(C=O)[C@@H]4CC[C@@H](C)[C@H]4CC2([C@H]2C[C@H](CC4CCCC4)[C@H](CN4CCCC(CN5CCCCC5)C4)O2)[C@]13C(=O)O. The van der Waals surface area contributed by atoms with Gasteiger partial charge in [0.25, 0.3) is 0 Å². The van der Waals surface area contributed by atoms with Crippen LogP contribution in [0.15, 0.2) is 11.6 Å². The zero-order valence-electron chi connectivity index (χ0n) is 29.8. The fraction of sp³-hybridized carbons (Fsp3) is 0.902. The summed E-state index contributed by atoms with van der Waals surface area (Å²) >= 11 is 0. The zero-order valence-corrected chi connectivity index (χ0v) is 29.8. The number of carboxylic acids is 1. The first-order valence-corrected chi connectivity index (χ1v) is 20.3. The molecule has 1 N–H and O–H groups in total. The lowest BCUT2D eigenvalue weighted by molar-refractivity contribution is -0.197. The van der Waals surface area contributed by atoms with E-state index in [0.717, 1.165) is 56.1 Å². The molecule has 262 valence electrons. The smallest absolute Gasteiger partial charge is 0.315 e. The van der Waals surface area contributed by atoms with E-state index in [1.165, 1.54) is 103 Å². The lowest BCUT2D eigenvalue weighted by Gasteiger charge is -2.60. The van der Waals surface area contributed by atoms with Gasteiger partial charge in [-0.05, 0) is 125 Å². The van der Waals surface area contributed by atoms with Crippen LogP contribution in [0.25, 0.3) is 0 Å². The average Bonchev–Trinajstić information content (AvgIpc) is 3.88. The van der Waals surface area contributed by atoms with E-state index in [-0.39, 0.29) is 30.0 Å². The maximum Gasteiger partial charge on any atom is 0.315 e. The van der Waals surface area contributed by atoms with Crippen LogP contribution in [0.5, 0.6) is 0 Å². The number of carbonyl (C=O) groups excluding carboxylic acids is 1. The molecule has 8 rings (SSSR count). The molecule has 4 saturated carbocycles. The first-order chi connectivity index (χ1) is 22.7. The first-order valence-electron chi connectivity index (χ1n) is 20.3. The molecule has 3 saturated heterocycles. The Morgan fingerprint density at radius 1 is 0.957 bits per heavy atom. The minimum atomic E-state index is -1.13. The van der Waals surface area contributed by atoms with Gasteiger partial charge in [0.1, 0.15) is 11.7 Å². The minimum Gasteiger partial charge on any atom is -0.481 e. The van der Waals surface area contributed by atoms with Crippen molar-refractivity contribution in [2.45, 2.75) is 129 Å². The highest BCUT2D eigenvalue weighted by atomic mass is 16.5. The van der Waals surface area contributed by atoms with Crippen molar-refractivity contribution in [3.05, 3.63) is 11.6 Å². The molecule has 4 bridgehead atoms. The van der Waals surface area contributed by atoms with Crippen molar-refractivity contribution < 1.29 is 19.4 Å². The number of carboxylic acid groups (broad SMARTS) is 1. The van der Waals surface area contributed by atoms with E-state index in [0.29, 0.717) is 17.8 Å². The highest BCUT2D eigenvalue weighted by Crippen LogP contribution is 2.84. The Bertz CT molecular complexity index is 1220. The zero-order chi connectivity index (χ0) is 32.6. The quantitative estimate of drug-likeness (QED) is 0.196. The molecule has 8 aliphatic rings. The fourth-order valence-corrected chi connectivity index (χ4v) is 14.3. The van der Waals surface area contributed by atoms with Crippen molar-refractivity contribution in [2.24, 2.45) is 63.6 Å². The van der Waals surface area contributed by atoms with E-state index < -0.39 is 22.2 Å². The Morgan fingerprint density at radius 3 is 2.43 bits per heavy atom. The molecule has 5 aliphatic carbocycles. The van der Waals surface area contributed by atoms with Crippen molar-refractivity contribution in [3.8, 4) is 0 Å². The molecule has 0 aromatic heterocycles. The van der Waals surface area contributed by atoms with Crippen LogP contribution in [0.2, 0.25) is 0 Å². The van der Waals surface area contributed by atoms with E-state index in [1.54, 1.807) is 0 Å². The molecule has 3 heterocycles. The number of aliphatic carboxylic acids is 1. The third kappa shape index (κ3) is 4.86. The second kappa shape index (κ2) is 12.5. The largest absolute Gasteiger partial charge is 0.481 e. The van der Waals surface area contributed by atoms with Gasteiger partial charge in [0, 0.05) is 25.0 Å². The van der Waals surface area contributed by atoms with Crippen molar-refractivity contribution in [3.63, 3.8) is 0 Å². The summed E-state index contributed by atoms with van der Waals surface area (Å²) in [6, 6.07) is 0. The van der Waals surface area contributed by atoms with Crippen molar-refractivity contribution in [1.82, 2.24) is 9.80 Å². The summed E-state index contributed by atoms with van der Waals surface area (Å²) in [4.78, 5) is 33.3. The fourth-order valence-electron chi connectivity index (χ4n) is 14.3. The Labute approximate surface area is 284 Å². The summed E-state index contributed by atoms with van der Waals surface area (Å²) in [5.74, 6) is 2.68. The predicted molar refractivity (Wildman–Crippen MR) is 185 cm³/mol. The maximum atomic E-state index is 14.2. The standard InChI is InChI=1S/C41H64N2O4/c1-27(2)35-20-32-21-39(26-44)34-14-13-28(3)33(34)22-40(32,41(35,39)38(45)46)37-19-31(18-29-10-5-6-11-29)36(47-37)25-43-17-9-12-30(24-43)23-42-15-7-4-8-16-42/h20,26-34,36-37H,4-19,21-25H2,1-3H3,(H,45,46)/t28-,30?,31+,32?,33-,34-,36+,37-,39?,40?,41+/m1/s1. The number of likely N-dealkylation sites (tertiary alicyclic amines) is 2. The third-order valence-corrected chi connectivity index (χ3v) is 16.1. The van der Waals surface area contributed by atoms with Gasteiger partial charge in [-0.3, -0.25) is 4.79 Å². The summed E-state index contributed by atoms with van der Waals surface area (Å²) in [6.07, 6.45) is 21.8.